The Morgan fingerprint density at radius 1 is 1.17 bits per heavy atom. The molecule has 0 N–H and O–H groups in total. The number of hydrogen-bond donors (Lipinski definition) is 0. The summed E-state index contributed by atoms with van der Waals surface area (Å²) in [6.07, 6.45) is 2.72. The second-order valence-corrected chi connectivity index (χ2v) is 5.55. The van der Waals surface area contributed by atoms with Crippen molar-refractivity contribution in [2.45, 2.75) is 19.9 Å². The number of para-hydroxylation sites is 1. The highest BCUT2D eigenvalue weighted by atomic mass is 15.0. The van der Waals surface area contributed by atoms with Crippen molar-refractivity contribution in [2.75, 3.05) is 0 Å². The summed E-state index contributed by atoms with van der Waals surface area (Å²) in [7, 11) is 0. The zero-order valence-electron chi connectivity index (χ0n) is 13.5. The molecule has 0 saturated heterocycles. The summed E-state index contributed by atoms with van der Waals surface area (Å²) >= 11 is 0. The third kappa shape index (κ3) is 2.69. The molecule has 0 radical (unpaired) electrons. The SMILES string of the molecule is [C-]#[N+]/C(C#N)=C\c1c(-c2ccccc2)n(CCC)c2ccccc12. The molecule has 0 fully saturated rings. The maximum Gasteiger partial charge on any atom is 0.262 e. The van der Waals surface area contributed by atoms with Crippen LogP contribution >= 0.6 is 0 Å². The van der Waals surface area contributed by atoms with Crippen molar-refractivity contribution < 1.29 is 0 Å². The van der Waals surface area contributed by atoms with Gasteiger partial charge in [-0.05, 0) is 29.7 Å². The Morgan fingerprint density at radius 2 is 1.88 bits per heavy atom. The molecule has 0 aliphatic rings. The van der Waals surface area contributed by atoms with Gasteiger partial charge in [0.1, 0.15) is 0 Å². The van der Waals surface area contributed by atoms with Gasteiger partial charge in [0.25, 0.3) is 5.70 Å². The lowest BCUT2D eigenvalue weighted by Crippen LogP contribution is -1.99. The summed E-state index contributed by atoms with van der Waals surface area (Å²) in [4.78, 5) is 3.34. The summed E-state index contributed by atoms with van der Waals surface area (Å²) in [5, 5.41) is 10.3. The first kappa shape index (κ1) is 15.6. The Balaban J connectivity index is 2.42. The van der Waals surface area contributed by atoms with Crippen LogP contribution in [0.5, 0.6) is 0 Å². The van der Waals surface area contributed by atoms with Crippen molar-refractivity contribution in [3.63, 3.8) is 0 Å². The third-order valence-electron chi connectivity index (χ3n) is 4.02. The lowest BCUT2D eigenvalue weighted by atomic mass is 10.0. The number of aromatic nitrogens is 1. The number of allylic oxidation sites excluding steroid dienone is 1. The quantitative estimate of drug-likeness (QED) is 0.462. The summed E-state index contributed by atoms with van der Waals surface area (Å²) < 4.78 is 2.29. The van der Waals surface area contributed by atoms with Gasteiger partial charge in [0.2, 0.25) is 0 Å². The van der Waals surface area contributed by atoms with Crippen LogP contribution in [0.2, 0.25) is 0 Å². The van der Waals surface area contributed by atoms with E-state index in [2.05, 4.69) is 40.6 Å². The van der Waals surface area contributed by atoms with Crippen LogP contribution in [0.1, 0.15) is 18.9 Å². The predicted molar refractivity (Wildman–Crippen MR) is 97.9 cm³/mol. The van der Waals surface area contributed by atoms with Gasteiger partial charge in [-0.25, -0.2) is 10.1 Å². The molecule has 0 saturated carbocycles. The van der Waals surface area contributed by atoms with E-state index < -0.39 is 0 Å². The Morgan fingerprint density at radius 3 is 2.54 bits per heavy atom. The van der Waals surface area contributed by atoms with Crippen molar-refractivity contribution in [3.8, 4) is 17.3 Å². The van der Waals surface area contributed by atoms with Crippen LogP contribution in [0.15, 0.2) is 60.3 Å². The summed E-state index contributed by atoms with van der Waals surface area (Å²) in [5.41, 5.74) is 4.34. The topological polar surface area (TPSA) is 33.1 Å². The van der Waals surface area contributed by atoms with Gasteiger partial charge in [-0.1, -0.05) is 55.5 Å². The smallest absolute Gasteiger partial charge is 0.262 e. The number of aryl methyl sites for hydroxylation is 1. The number of hydrogen-bond acceptors (Lipinski definition) is 1. The molecule has 24 heavy (non-hydrogen) atoms. The number of nitrogens with zero attached hydrogens (tertiary/aromatic N) is 3. The first-order valence-electron chi connectivity index (χ1n) is 7.96. The summed E-state index contributed by atoms with van der Waals surface area (Å²) in [6.45, 7) is 10.2. The first-order chi connectivity index (χ1) is 11.8. The summed E-state index contributed by atoms with van der Waals surface area (Å²) in [5.74, 6) is 0. The first-order valence-corrected chi connectivity index (χ1v) is 7.96. The Kier molecular flexibility index (Phi) is 4.45. The van der Waals surface area contributed by atoms with E-state index in [9.17, 15) is 5.26 Å². The maximum absolute atomic E-state index is 9.19. The van der Waals surface area contributed by atoms with Gasteiger partial charge in [0.15, 0.2) is 0 Å². The molecule has 3 heteroatoms. The molecular formula is C21H17N3. The molecule has 3 nitrogen and oxygen atoms in total. The number of rotatable bonds is 4. The van der Waals surface area contributed by atoms with Crippen LogP contribution in [-0.4, -0.2) is 4.57 Å². The fourth-order valence-corrected chi connectivity index (χ4v) is 3.07. The van der Waals surface area contributed by atoms with Crippen LogP contribution in [0.25, 0.3) is 33.1 Å². The van der Waals surface area contributed by atoms with Crippen LogP contribution in [0.4, 0.5) is 0 Å². The monoisotopic (exact) mass is 311 g/mol. The van der Waals surface area contributed by atoms with Crippen molar-refractivity contribution in [1.82, 2.24) is 4.57 Å². The van der Waals surface area contributed by atoms with E-state index in [1.807, 2.05) is 36.4 Å². The van der Waals surface area contributed by atoms with Gasteiger partial charge in [-0.15, -0.1) is 0 Å². The van der Waals surface area contributed by atoms with Crippen molar-refractivity contribution in [2.24, 2.45) is 0 Å². The minimum Gasteiger partial charge on any atom is -0.340 e. The number of benzene rings is 2. The van der Waals surface area contributed by atoms with Gasteiger partial charge in [-0.3, -0.25) is 0 Å². The second kappa shape index (κ2) is 6.86. The molecule has 0 amide bonds. The molecule has 0 bridgehead atoms. The van der Waals surface area contributed by atoms with Crippen LogP contribution in [0, 0.1) is 17.9 Å². The highest BCUT2D eigenvalue weighted by Gasteiger charge is 2.17. The van der Waals surface area contributed by atoms with Gasteiger partial charge in [0, 0.05) is 17.4 Å². The van der Waals surface area contributed by atoms with Crippen LogP contribution in [-0.2, 0) is 6.54 Å². The standard InChI is InChI=1S/C21H17N3/c1-3-13-24-20-12-8-7-11-18(20)19(14-17(15-22)23-2)21(24)16-9-5-4-6-10-16/h4-12,14H,3,13H2,1H3/b17-14-. The van der Waals surface area contributed by atoms with E-state index in [1.54, 1.807) is 6.08 Å². The van der Waals surface area contributed by atoms with E-state index in [0.29, 0.717) is 0 Å². The predicted octanol–water partition coefficient (Wildman–Crippen LogP) is 5.50. The molecule has 0 spiro atoms. The highest BCUT2D eigenvalue weighted by molar-refractivity contribution is 5.98. The fourth-order valence-electron chi connectivity index (χ4n) is 3.07. The van der Waals surface area contributed by atoms with Gasteiger partial charge < -0.3 is 4.57 Å². The minimum atomic E-state index is 0.103. The van der Waals surface area contributed by atoms with Crippen molar-refractivity contribution >= 4 is 17.0 Å². The molecule has 2 aromatic carbocycles. The summed E-state index contributed by atoms with van der Waals surface area (Å²) in [6, 6.07) is 20.3. The minimum absolute atomic E-state index is 0.103. The molecule has 3 aromatic rings. The fraction of sp³-hybridized carbons (Fsp3) is 0.143. The molecule has 0 aliphatic heterocycles. The molecule has 3 rings (SSSR count). The molecule has 116 valence electrons. The molecule has 0 aliphatic carbocycles. The second-order valence-electron chi connectivity index (χ2n) is 5.55. The Labute approximate surface area is 141 Å². The molecular weight excluding hydrogens is 294 g/mol. The lowest BCUT2D eigenvalue weighted by Gasteiger charge is -2.11. The average molecular weight is 311 g/mol. The van der Waals surface area contributed by atoms with Crippen LogP contribution in [0.3, 0.4) is 0 Å². The number of fused-ring (bicyclic) bond motifs is 1. The zero-order chi connectivity index (χ0) is 16.9. The number of nitriles is 1. The Hall–Kier alpha value is -3.30. The van der Waals surface area contributed by atoms with Gasteiger partial charge in [0.05, 0.1) is 18.3 Å². The van der Waals surface area contributed by atoms with Gasteiger partial charge in [-0.2, -0.15) is 0 Å². The van der Waals surface area contributed by atoms with E-state index in [1.165, 1.54) is 0 Å². The van der Waals surface area contributed by atoms with E-state index in [-0.39, 0.29) is 5.70 Å². The maximum atomic E-state index is 9.19. The van der Waals surface area contributed by atoms with E-state index in [0.717, 1.165) is 40.7 Å². The zero-order valence-corrected chi connectivity index (χ0v) is 13.5. The molecule has 1 heterocycles. The lowest BCUT2D eigenvalue weighted by molar-refractivity contribution is 0.709. The third-order valence-corrected chi connectivity index (χ3v) is 4.02. The molecule has 1 aromatic heterocycles. The van der Waals surface area contributed by atoms with Crippen molar-refractivity contribution in [1.29, 1.82) is 5.26 Å². The molecule has 0 unspecified atom stereocenters. The normalized spacial score (nSPS) is 11.2. The highest BCUT2D eigenvalue weighted by Crippen LogP contribution is 2.35. The van der Waals surface area contributed by atoms with E-state index in [4.69, 9.17) is 6.57 Å². The van der Waals surface area contributed by atoms with E-state index >= 15 is 0 Å². The molecule has 0 atom stereocenters. The van der Waals surface area contributed by atoms with Crippen LogP contribution < -0.4 is 0 Å². The van der Waals surface area contributed by atoms with Gasteiger partial charge >= 0.3 is 0 Å². The average Bonchev–Trinajstić information content (AvgIpc) is 2.94. The van der Waals surface area contributed by atoms with Crippen molar-refractivity contribution in [3.05, 3.63) is 77.3 Å². The Bertz CT molecular complexity index is 964. The largest absolute Gasteiger partial charge is 0.340 e.